The molecule has 1 aromatic carbocycles. The van der Waals surface area contributed by atoms with E-state index in [4.69, 9.17) is 21.4 Å². The number of carboxylic acid groups (broad SMARTS) is 1. The predicted molar refractivity (Wildman–Crippen MR) is 76.5 cm³/mol. The van der Waals surface area contributed by atoms with Crippen molar-refractivity contribution in [3.8, 4) is 0 Å². The zero-order valence-electron chi connectivity index (χ0n) is 11.3. The van der Waals surface area contributed by atoms with E-state index in [-0.39, 0.29) is 17.3 Å². The molecule has 3 N–H and O–H groups in total. The average molecular weight is 301 g/mol. The third-order valence-electron chi connectivity index (χ3n) is 2.41. The van der Waals surface area contributed by atoms with Gasteiger partial charge in [-0.3, -0.25) is 0 Å². The Labute approximate surface area is 122 Å². The highest BCUT2D eigenvalue weighted by Crippen LogP contribution is 2.21. The van der Waals surface area contributed by atoms with Crippen LogP contribution in [0.25, 0.3) is 0 Å². The number of anilines is 1. The van der Waals surface area contributed by atoms with E-state index in [9.17, 15) is 9.59 Å². The van der Waals surface area contributed by atoms with Crippen LogP contribution in [0.4, 0.5) is 10.5 Å². The topological polar surface area (TPSA) is 87.7 Å². The van der Waals surface area contributed by atoms with Gasteiger partial charge in [0.25, 0.3) is 0 Å². The largest absolute Gasteiger partial charge is 0.478 e. The van der Waals surface area contributed by atoms with Crippen molar-refractivity contribution in [1.82, 2.24) is 5.32 Å². The van der Waals surface area contributed by atoms with Crippen LogP contribution >= 0.6 is 11.6 Å². The lowest BCUT2D eigenvalue weighted by Crippen LogP contribution is -2.39. The first-order valence-corrected chi connectivity index (χ1v) is 6.50. The molecule has 0 heterocycles. The molecule has 0 bridgehead atoms. The molecule has 6 nitrogen and oxygen atoms in total. The first-order valence-electron chi connectivity index (χ1n) is 6.12. The van der Waals surface area contributed by atoms with Gasteiger partial charge in [0.15, 0.2) is 0 Å². The second kappa shape index (κ2) is 7.72. The lowest BCUT2D eigenvalue weighted by atomic mass is 10.2. The van der Waals surface area contributed by atoms with E-state index >= 15 is 0 Å². The first-order chi connectivity index (χ1) is 9.43. The van der Waals surface area contributed by atoms with Crippen LogP contribution in [0, 0.1) is 0 Å². The molecule has 1 rings (SSSR count). The van der Waals surface area contributed by atoms with E-state index < -0.39 is 12.0 Å². The summed E-state index contributed by atoms with van der Waals surface area (Å²) < 4.78 is 5.17. The third-order valence-corrected chi connectivity index (χ3v) is 2.64. The van der Waals surface area contributed by atoms with Gasteiger partial charge in [-0.1, -0.05) is 11.6 Å². The second-order valence-corrected chi connectivity index (χ2v) is 4.59. The van der Waals surface area contributed by atoms with Gasteiger partial charge in [-0.15, -0.1) is 0 Å². The van der Waals surface area contributed by atoms with Gasteiger partial charge in [-0.05, 0) is 32.0 Å². The zero-order chi connectivity index (χ0) is 15.1. The Morgan fingerprint density at radius 2 is 2.15 bits per heavy atom. The second-order valence-electron chi connectivity index (χ2n) is 4.15. The van der Waals surface area contributed by atoms with Crippen LogP contribution in [-0.2, 0) is 4.74 Å². The van der Waals surface area contributed by atoms with Crippen LogP contribution in [0.3, 0.4) is 0 Å². The van der Waals surface area contributed by atoms with E-state index in [0.717, 1.165) is 0 Å². The summed E-state index contributed by atoms with van der Waals surface area (Å²) in [6.07, 6.45) is 0. The van der Waals surface area contributed by atoms with Crippen molar-refractivity contribution in [2.24, 2.45) is 0 Å². The molecule has 110 valence electrons. The minimum atomic E-state index is -1.14. The number of nitrogens with one attached hydrogen (secondary N) is 2. The maximum atomic E-state index is 11.8. The van der Waals surface area contributed by atoms with Crippen LogP contribution in [0.5, 0.6) is 0 Å². The summed E-state index contributed by atoms with van der Waals surface area (Å²) in [7, 11) is 0. The molecule has 0 saturated carbocycles. The van der Waals surface area contributed by atoms with Gasteiger partial charge < -0.3 is 20.5 Å². The Hall–Kier alpha value is -1.79. The van der Waals surface area contributed by atoms with E-state index in [2.05, 4.69) is 10.6 Å². The molecular weight excluding hydrogens is 284 g/mol. The molecule has 0 aliphatic heterocycles. The lowest BCUT2D eigenvalue weighted by Gasteiger charge is -2.15. The summed E-state index contributed by atoms with van der Waals surface area (Å²) in [6.45, 7) is 4.58. The van der Waals surface area contributed by atoms with Crippen LogP contribution in [0.1, 0.15) is 24.2 Å². The number of urea groups is 1. The molecule has 0 fully saturated rings. The molecule has 0 spiro atoms. The number of aromatic carboxylic acids is 1. The molecule has 7 heteroatoms. The number of halogens is 1. The molecule has 0 saturated heterocycles. The smallest absolute Gasteiger partial charge is 0.337 e. The summed E-state index contributed by atoms with van der Waals surface area (Å²) in [5, 5.41) is 14.5. The molecule has 0 radical (unpaired) electrons. The van der Waals surface area contributed by atoms with Crippen molar-refractivity contribution >= 4 is 29.3 Å². The molecular formula is C13H17ClN2O4. The highest BCUT2D eigenvalue weighted by molar-refractivity contribution is 6.31. The van der Waals surface area contributed by atoms with E-state index in [1.807, 2.05) is 6.92 Å². The highest BCUT2D eigenvalue weighted by Gasteiger charge is 2.14. The summed E-state index contributed by atoms with van der Waals surface area (Å²) in [6, 6.07) is 3.47. The summed E-state index contributed by atoms with van der Waals surface area (Å²) in [4.78, 5) is 22.8. The molecule has 0 aliphatic carbocycles. The fourth-order valence-electron chi connectivity index (χ4n) is 1.52. The molecule has 0 aromatic heterocycles. The lowest BCUT2D eigenvalue weighted by molar-refractivity contribution is 0.0698. The molecule has 2 amide bonds. The van der Waals surface area contributed by atoms with E-state index in [1.54, 1.807) is 6.92 Å². The van der Waals surface area contributed by atoms with Crippen molar-refractivity contribution < 1.29 is 19.4 Å². The van der Waals surface area contributed by atoms with Gasteiger partial charge in [0.1, 0.15) is 0 Å². The number of carboxylic acids is 1. The third kappa shape index (κ3) is 5.07. The molecule has 20 heavy (non-hydrogen) atoms. The summed E-state index contributed by atoms with van der Waals surface area (Å²) in [5.74, 6) is -1.14. The quantitative estimate of drug-likeness (QED) is 0.753. The van der Waals surface area contributed by atoms with Gasteiger partial charge in [0.05, 0.1) is 23.9 Å². The first kappa shape index (κ1) is 16.3. The predicted octanol–water partition coefficient (Wildman–Crippen LogP) is 2.58. The molecule has 1 atom stereocenters. The molecule has 1 unspecified atom stereocenters. The van der Waals surface area contributed by atoms with Gasteiger partial charge in [0.2, 0.25) is 0 Å². The highest BCUT2D eigenvalue weighted by atomic mass is 35.5. The Bertz CT molecular complexity index is 493. The molecule has 0 aliphatic rings. The fourth-order valence-corrected chi connectivity index (χ4v) is 1.70. The van der Waals surface area contributed by atoms with Crippen LogP contribution in [-0.4, -0.2) is 36.4 Å². The Morgan fingerprint density at radius 3 is 2.75 bits per heavy atom. The maximum Gasteiger partial charge on any atom is 0.337 e. The van der Waals surface area contributed by atoms with Gasteiger partial charge in [0, 0.05) is 11.6 Å². The van der Waals surface area contributed by atoms with E-state index in [1.165, 1.54) is 18.2 Å². The Morgan fingerprint density at radius 1 is 1.45 bits per heavy atom. The normalized spacial score (nSPS) is 11.8. The number of benzene rings is 1. The van der Waals surface area contributed by atoms with Crippen molar-refractivity contribution in [1.29, 1.82) is 0 Å². The number of rotatable bonds is 6. The number of carbonyl (C=O) groups excluding carboxylic acids is 1. The van der Waals surface area contributed by atoms with Gasteiger partial charge in [-0.25, -0.2) is 9.59 Å². The fraction of sp³-hybridized carbons (Fsp3) is 0.385. The number of ether oxygens (including phenoxy) is 1. The van der Waals surface area contributed by atoms with Gasteiger partial charge >= 0.3 is 12.0 Å². The average Bonchev–Trinajstić information content (AvgIpc) is 2.35. The summed E-state index contributed by atoms with van der Waals surface area (Å²) >= 11 is 5.79. The van der Waals surface area contributed by atoms with Crippen molar-refractivity contribution in [3.05, 3.63) is 28.8 Å². The van der Waals surface area contributed by atoms with Crippen LogP contribution < -0.4 is 10.6 Å². The van der Waals surface area contributed by atoms with Gasteiger partial charge in [-0.2, -0.15) is 0 Å². The monoisotopic (exact) mass is 300 g/mol. The minimum absolute atomic E-state index is 0.0259. The van der Waals surface area contributed by atoms with Crippen molar-refractivity contribution in [3.63, 3.8) is 0 Å². The number of hydrogen-bond donors (Lipinski definition) is 3. The number of carbonyl (C=O) groups is 2. The number of hydrogen-bond acceptors (Lipinski definition) is 3. The minimum Gasteiger partial charge on any atom is -0.478 e. The zero-order valence-corrected chi connectivity index (χ0v) is 12.0. The Balaban J connectivity index is 2.70. The van der Waals surface area contributed by atoms with Crippen LogP contribution in [0.2, 0.25) is 5.02 Å². The standard InChI is InChI=1S/C13H17ClN2O4/c1-3-20-7-8(2)15-13(19)16-11-6-9(14)4-5-10(11)12(17)18/h4-6,8H,3,7H2,1-2H3,(H,17,18)(H2,15,16,19). The molecule has 1 aromatic rings. The van der Waals surface area contributed by atoms with Crippen molar-refractivity contribution in [2.45, 2.75) is 19.9 Å². The Kier molecular flexibility index (Phi) is 6.27. The van der Waals surface area contributed by atoms with E-state index in [0.29, 0.717) is 18.2 Å². The maximum absolute atomic E-state index is 11.8. The number of amides is 2. The van der Waals surface area contributed by atoms with Crippen LogP contribution in [0.15, 0.2) is 18.2 Å². The SMILES string of the molecule is CCOCC(C)NC(=O)Nc1cc(Cl)ccc1C(=O)O. The summed E-state index contributed by atoms with van der Waals surface area (Å²) in [5.41, 5.74) is 0.119. The van der Waals surface area contributed by atoms with Crippen molar-refractivity contribution in [2.75, 3.05) is 18.5 Å².